The minimum absolute atomic E-state index is 0.277. The molecule has 126 valence electrons. The highest BCUT2D eigenvalue weighted by Crippen LogP contribution is 2.38. The van der Waals surface area contributed by atoms with Crippen LogP contribution in [0.3, 0.4) is 0 Å². The average molecular weight is 321 g/mol. The Labute approximate surface area is 136 Å². The summed E-state index contributed by atoms with van der Waals surface area (Å²) in [6.07, 6.45) is 1.76. The van der Waals surface area contributed by atoms with Crippen molar-refractivity contribution >= 4 is 12.2 Å². The normalized spacial score (nSPS) is 15.7. The third-order valence-corrected chi connectivity index (χ3v) is 3.58. The number of benzene rings is 1. The van der Waals surface area contributed by atoms with Gasteiger partial charge in [0.1, 0.15) is 0 Å². The number of carbonyl (C=O) groups excluding carboxylic acids is 1. The van der Waals surface area contributed by atoms with E-state index in [0.29, 0.717) is 11.5 Å². The fourth-order valence-electron chi connectivity index (χ4n) is 2.28. The zero-order chi connectivity index (χ0) is 16.8. The highest BCUT2D eigenvalue weighted by atomic mass is 16.6. The average Bonchev–Trinajstić information content (AvgIpc) is 2.54. The van der Waals surface area contributed by atoms with Gasteiger partial charge in [0.2, 0.25) is 5.75 Å². The first-order valence-electron chi connectivity index (χ1n) is 7.45. The molecule has 0 amide bonds. The van der Waals surface area contributed by atoms with Gasteiger partial charge in [0.15, 0.2) is 11.5 Å². The van der Waals surface area contributed by atoms with Gasteiger partial charge in [-0.3, -0.25) is 9.80 Å². The number of esters is 1. The first-order valence-corrected chi connectivity index (χ1v) is 7.45. The second kappa shape index (κ2) is 7.82. The zero-order valence-electron chi connectivity index (χ0n) is 14.0. The zero-order valence-corrected chi connectivity index (χ0v) is 14.0. The molecule has 0 N–H and O–H groups in total. The summed E-state index contributed by atoms with van der Waals surface area (Å²) in [5, 5.41) is 6.52. The predicted molar refractivity (Wildman–Crippen MR) is 87.5 cm³/mol. The van der Waals surface area contributed by atoms with Crippen LogP contribution >= 0.6 is 0 Å². The second-order valence-corrected chi connectivity index (χ2v) is 5.35. The van der Waals surface area contributed by atoms with Crippen LogP contribution in [-0.2, 0) is 4.79 Å². The SMILES string of the molecule is COc1cc(/C=N/N2CCN(C)CC2)cc(OC)c1OC(C)=O. The first kappa shape index (κ1) is 17.1. The molecule has 0 aliphatic carbocycles. The predicted octanol–water partition coefficient (Wildman–Crippen LogP) is 1.21. The van der Waals surface area contributed by atoms with Gasteiger partial charge in [-0.1, -0.05) is 0 Å². The molecule has 7 nitrogen and oxygen atoms in total. The largest absolute Gasteiger partial charge is 0.493 e. The Hall–Kier alpha value is -2.28. The van der Waals surface area contributed by atoms with Crippen LogP contribution in [0.5, 0.6) is 17.2 Å². The quantitative estimate of drug-likeness (QED) is 0.461. The lowest BCUT2D eigenvalue weighted by atomic mass is 10.2. The number of rotatable bonds is 5. The number of carbonyl (C=O) groups is 1. The molecule has 23 heavy (non-hydrogen) atoms. The maximum Gasteiger partial charge on any atom is 0.308 e. The third kappa shape index (κ3) is 4.59. The van der Waals surface area contributed by atoms with Gasteiger partial charge in [-0.05, 0) is 19.2 Å². The van der Waals surface area contributed by atoms with Gasteiger partial charge < -0.3 is 19.1 Å². The Morgan fingerprint density at radius 2 is 1.70 bits per heavy atom. The van der Waals surface area contributed by atoms with Gasteiger partial charge >= 0.3 is 5.97 Å². The molecular formula is C16H23N3O4. The van der Waals surface area contributed by atoms with E-state index in [4.69, 9.17) is 14.2 Å². The van der Waals surface area contributed by atoms with Crippen LogP contribution in [0.2, 0.25) is 0 Å². The van der Waals surface area contributed by atoms with Crippen molar-refractivity contribution in [3.8, 4) is 17.2 Å². The molecule has 0 saturated carbocycles. The molecule has 2 rings (SSSR count). The molecule has 0 unspecified atom stereocenters. The van der Waals surface area contributed by atoms with E-state index in [-0.39, 0.29) is 5.75 Å². The number of piperazine rings is 1. The van der Waals surface area contributed by atoms with E-state index in [0.717, 1.165) is 31.7 Å². The van der Waals surface area contributed by atoms with Gasteiger partial charge in [-0.25, -0.2) is 0 Å². The van der Waals surface area contributed by atoms with Gasteiger partial charge in [0.05, 0.1) is 20.4 Å². The highest BCUT2D eigenvalue weighted by molar-refractivity contribution is 5.83. The van der Waals surface area contributed by atoms with Crippen molar-refractivity contribution in [1.82, 2.24) is 9.91 Å². The number of hydrazone groups is 1. The number of methoxy groups -OCH3 is 2. The van der Waals surface area contributed by atoms with Crippen LogP contribution < -0.4 is 14.2 Å². The van der Waals surface area contributed by atoms with Crippen molar-refractivity contribution < 1.29 is 19.0 Å². The lowest BCUT2D eigenvalue weighted by Gasteiger charge is -2.30. The van der Waals surface area contributed by atoms with Crippen LogP contribution in [-0.4, -0.2) is 69.5 Å². The molecule has 1 fully saturated rings. The molecule has 1 aromatic rings. The summed E-state index contributed by atoms with van der Waals surface area (Å²) in [5.74, 6) is 0.707. The topological polar surface area (TPSA) is 63.6 Å². The fraction of sp³-hybridized carbons (Fsp3) is 0.500. The van der Waals surface area contributed by atoms with Crippen molar-refractivity contribution in [3.05, 3.63) is 17.7 Å². The summed E-state index contributed by atoms with van der Waals surface area (Å²) in [6.45, 7) is 5.12. The lowest BCUT2D eigenvalue weighted by molar-refractivity contribution is -0.132. The fourth-order valence-corrected chi connectivity index (χ4v) is 2.28. The van der Waals surface area contributed by atoms with E-state index < -0.39 is 5.97 Å². The highest BCUT2D eigenvalue weighted by Gasteiger charge is 2.16. The summed E-state index contributed by atoms with van der Waals surface area (Å²) in [7, 11) is 5.14. The summed E-state index contributed by atoms with van der Waals surface area (Å²) in [6, 6.07) is 3.53. The molecule has 0 radical (unpaired) electrons. The Morgan fingerprint density at radius 1 is 1.13 bits per heavy atom. The molecule has 1 aliphatic heterocycles. The second-order valence-electron chi connectivity index (χ2n) is 5.35. The Kier molecular flexibility index (Phi) is 5.81. The molecule has 1 aliphatic rings. The number of nitrogens with zero attached hydrogens (tertiary/aromatic N) is 3. The lowest BCUT2D eigenvalue weighted by Crippen LogP contribution is -2.41. The third-order valence-electron chi connectivity index (χ3n) is 3.58. The van der Waals surface area contributed by atoms with Crippen LogP contribution in [0.4, 0.5) is 0 Å². The van der Waals surface area contributed by atoms with Gasteiger partial charge in [-0.15, -0.1) is 0 Å². The molecule has 7 heteroatoms. The van der Waals surface area contributed by atoms with Crippen LogP contribution in [0.1, 0.15) is 12.5 Å². The van der Waals surface area contributed by atoms with E-state index in [2.05, 4.69) is 17.0 Å². The summed E-state index contributed by atoms with van der Waals surface area (Å²) in [4.78, 5) is 13.5. The Morgan fingerprint density at radius 3 is 2.17 bits per heavy atom. The standard InChI is InChI=1S/C16H23N3O4/c1-12(20)23-16-14(21-3)9-13(10-15(16)22-4)11-17-19-7-5-18(2)6-8-19/h9-11H,5-8H2,1-4H3/b17-11+. The smallest absolute Gasteiger partial charge is 0.308 e. The number of hydrogen-bond donors (Lipinski definition) is 0. The monoisotopic (exact) mass is 321 g/mol. The Bertz CT molecular complexity index is 556. The van der Waals surface area contributed by atoms with E-state index in [1.54, 1.807) is 18.3 Å². The van der Waals surface area contributed by atoms with E-state index >= 15 is 0 Å². The van der Waals surface area contributed by atoms with Crippen LogP contribution in [0.25, 0.3) is 0 Å². The van der Waals surface area contributed by atoms with E-state index in [1.165, 1.54) is 21.1 Å². The minimum Gasteiger partial charge on any atom is -0.493 e. The first-order chi connectivity index (χ1) is 11.0. The minimum atomic E-state index is -0.430. The summed E-state index contributed by atoms with van der Waals surface area (Å²) in [5.41, 5.74) is 0.813. The van der Waals surface area contributed by atoms with Crippen molar-refractivity contribution in [2.75, 3.05) is 47.4 Å². The van der Waals surface area contributed by atoms with Crippen LogP contribution in [0.15, 0.2) is 17.2 Å². The van der Waals surface area contributed by atoms with Gasteiger partial charge in [-0.2, -0.15) is 5.10 Å². The van der Waals surface area contributed by atoms with Gasteiger partial charge in [0.25, 0.3) is 0 Å². The van der Waals surface area contributed by atoms with Crippen molar-refractivity contribution in [1.29, 1.82) is 0 Å². The molecular weight excluding hydrogens is 298 g/mol. The maximum atomic E-state index is 11.2. The van der Waals surface area contributed by atoms with Crippen molar-refractivity contribution in [2.24, 2.45) is 5.10 Å². The van der Waals surface area contributed by atoms with E-state index in [9.17, 15) is 4.79 Å². The van der Waals surface area contributed by atoms with Crippen LogP contribution in [0, 0.1) is 0 Å². The maximum absolute atomic E-state index is 11.2. The molecule has 0 bridgehead atoms. The number of ether oxygens (including phenoxy) is 3. The van der Waals surface area contributed by atoms with E-state index in [1.807, 2.05) is 5.01 Å². The number of hydrogen-bond acceptors (Lipinski definition) is 7. The summed E-state index contributed by atoms with van der Waals surface area (Å²) >= 11 is 0. The molecule has 1 heterocycles. The molecule has 1 saturated heterocycles. The van der Waals surface area contributed by atoms with Gasteiger partial charge in [0, 0.05) is 38.7 Å². The molecule has 1 aromatic carbocycles. The molecule has 0 aromatic heterocycles. The molecule has 0 spiro atoms. The number of likely N-dealkylation sites (N-methyl/N-ethyl adjacent to an activating group) is 1. The summed E-state index contributed by atoms with van der Waals surface area (Å²) < 4.78 is 15.8. The Balaban J connectivity index is 2.20. The van der Waals surface area contributed by atoms with Crippen molar-refractivity contribution in [3.63, 3.8) is 0 Å². The van der Waals surface area contributed by atoms with Crippen molar-refractivity contribution in [2.45, 2.75) is 6.92 Å². The molecule has 0 atom stereocenters.